The molecule has 3 aliphatic heterocycles. The maximum atomic E-state index is 13.8. The van der Waals surface area contributed by atoms with Crippen molar-refractivity contribution in [2.45, 2.75) is 19.5 Å². The van der Waals surface area contributed by atoms with Crippen LogP contribution in [0.4, 0.5) is 5.69 Å². The Balaban J connectivity index is 1.41. The lowest BCUT2D eigenvalue weighted by atomic mass is 10.00. The minimum Gasteiger partial charge on any atom is -0.493 e. The zero-order valence-electron chi connectivity index (χ0n) is 20.4. The van der Waals surface area contributed by atoms with Crippen LogP contribution in [0.5, 0.6) is 17.2 Å². The Labute approximate surface area is 205 Å². The fourth-order valence-corrected chi connectivity index (χ4v) is 5.04. The molecular weight excluding hydrogens is 446 g/mol. The third-order valence-electron chi connectivity index (χ3n) is 6.73. The van der Waals surface area contributed by atoms with Crippen molar-refractivity contribution in [3.05, 3.63) is 58.8 Å². The summed E-state index contributed by atoms with van der Waals surface area (Å²) in [5, 5.41) is 0. The third kappa shape index (κ3) is 4.27. The second kappa shape index (κ2) is 9.50. The van der Waals surface area contributed by atoms with E-state index in [9.17, 15) is 4.79 Å². The molecule has 0 atom stereocenters. The fourth-order valence-electron chi connectivity index (χ4n) is 5.04. The van der Waals surface area contributed by atoms with Gasteiger partial charge in [0, 0.05) is 44.0 Å². The van der Waals surface area contributed by atoms with Crippen molar-refractivity contribution >= 4 is 17.6 Å². The number of fused-ring (bicyclic) bond motifs is 2. The molecule has 3 aliphatic rings. The first-order chi connectivity index (χ1) is 17.0. The number of hydrogen-bond donors (Lipinski definition) is 1. The smallest absolute Gasteiger partial charge is 0.259 e. The van der Waals surface area contributed by atoms with E-state index in [1.54, 1.807) is 26.2 Å². The van der Waals surface area contributed by atoms with Crippen LogP contribution in [0.15, 0.2) is 52.7 Å². The average Bonchev–Trinajstić information content (AvgIpc) is 3.37. The van der Waals surface area contributed by atoms with Crippen LogP contribution in [0.2, 0.25) is 0 Å². The minimum atomic E-state index is 0.00709. The lowest BCUT2D eigenvalue weighted by Gasteiger charge is -2.42. The molecule has 0 bridgehead atoms. The maximum Gasteiger partial charge on any atom is 0.259 e. The van der Waals surface area contributed by atoms with E-state index in [0.717, 1.165) is 54.5 Å². The molecule has 2 aromatic rings. The molecule has 3 heterocycles. The SMILES string of the molecule is COc1cc(CN2C(=O)C3=C(CCN(Cc4ccc(N)cc4)C3)N3CCN=C23)cc(OC)c1OC. The van der Waals surface area contributed by atoms with Gasteiger partial charge >= 0.3 is 0 Å². The van der Waals surface area contributed by atoms with E-state index in [1.165, 1.54) is 5.56 Å². The molecule has 0 saturated heterocycles. The Morgan fingerprint density at radius 3 is 2.31 bits per heavy atom. The summed E-state index contributed by atoms with van der Waals surface area (Å²) in [4.78, 5) is 24.8. The van der Waals surface area contributed by atoms with E-state index in [1.807, 2.05) is 36.4 Å². The molecule has 0 saturated carbocycles. The van der Waals surface area contributed by atoms with Crippen LogP contribution in [-0.4, -0.2) is 74.1 Å². The standard InChI is InChI=1S/C26H31N5O4/c1-33-22-12-18(13-23(34-2)24(22)35-3)15-31-25(32)20-16-29(14-17-4-6-19(27)7-5-17)10-8-21(20)30-11-9-28-26(30)31/h4-7,12-13H,8-11,14-16,27H2,1-3H3. The second-order valence-corrected chi connectivity index (χ2v) is 8.89. The van der Waals surface area contributed by atoms with Gasteiger partial charge in [0.25, 0.3) is 5.91 Å². The number of carbonyl (C=O) groups excluding carboxylic acids is 1. The summed E-state index contributed by atoms with van der Waals surface area (Å²) >= 11 is 0. The van der Waals surface area contributed by atoms with Gasteiger partial charge in [-0.3, -0.25) is 19.6 Å². The first-order valence-corrected chi connectivity index (χ1v) is 11.7. The first kappa shape index (κ1) is 23.0. The number of rotatable bonds is 7. The molecule has 0 fully saturated rings. The van der Waals surface area contributed by atoms with Gasteiger partial charge in [-0.25, -0.2) is 0 Å². The summed E-state index contributed by atoms with van der Waals surface area (Å²) in [7, 11) is 4.75. The number of methoxy groups -OCH3 is 3. The number of ether oxygens (including phenoxy) is 3. The summed E-state index contributed by atoms with van der Waals surface area (Å²) in [5.41, 5.74) is 10.6. The fraction of sp³-hybridized carbons (Fsp3) is 0.385. The number of nitrogens with two attached hydrogens (primary N) is 1. The molecule has 9 nitrogen and oxygen atoms in total. The molecule has 0 unspecified atom stereocenters. The number of amides is 1. The number of benzene rings is 2. The second-order valence-electron chi connectivity index (χ2n) is 8.89. The van der Waals surface area contributed by atoms with Crippen LogP contribution in [0.1, 0.15) is 17.5 Å². The molecule has 0 spiro atoms. The van der Waals surface area contributed by atoms with E-state index in [0.29, 0.717) is 36.9 Å². The minimum absolute atomic E-state index is 0.00709. The van der Waals surface area contributed by atoms with Gasteiger partial charge in [0.2, 0.25) is 11.7 Å². The number of carbonyl (C=O) groups is 1. The Morgan fingerprint density at radius 2 is 1.66 bits per heavy atom. The lowest BCUT2D eigenvalue weighted by molar-refractivity contribution is -0.125. The number of guanidine groups is 1. The van der Waals surface area contributed by atoms with Gasteiger partial charge in [-0.15, -0.1) is 0 Å². The van der Waals surface area contributed by atoms with Crippen molar-refractivity contribution < 1.29 is 19.0 Å². The highest BCUT2D eigenvalue weighted by molar-refractivity contribution is 6.09. The van der Waals surface area contributed by atoms with Gasteiger partial charge in [-0.05, 0) is 35.4 Å². The van der Waals surface area contributed by atoms with E-state index < -0.39 is 0 Å². The summed E-state index contributed by atoms with van der Waals surface area (Å²) in [5.74, 6) is 2.38. The average molecular weight is 478 g/mol. The Bertz CT molecular complexity index is 1170. The van der Waals surface area contributed by atoms with Crippen LogP contribution in [-0.2, 0) is 17.9 Å². The van der Waals surface area contributed by atoms with Gasteiger partial charge in [0.15, 0.2) is 11.5 Å². The topological polar surface area (TPSA) is 92.9 Å². The highest BCUT2D eigenvalue weighted by Gasteiger charge is 2.41. The molecule has 2 aromatic carbocycles. The predicted octanol–water partition coefficient (Wildman–Crippen LogP) is 2.47. The lowest BCUT2D eigenvalue weighted by Crippen LogP contribution is -2.53. The molecule has 5 rings (SSSR count). The van der Waals surface area contributed by atoms with Gasteiger partial charge in [0.05, 0.1) is 40.0 Å². The van der Waals surface area contributed by atoms with E-state index in [4.69, 9.17) is 24.9 Å². The quantitative estimate of drug-likeness (QED) is 0.613. The van der Waals surface area contributed by atoms with Crippen molar-refractivity contribution in [3.8, 4) is 17.2 Å². The number of nitrogen functional groups attached to an aromatic ring is 1. The number of anilines is 1. The van der Waals surface area contributed by atoms with Crippen LogP contribution in [0, 0.1) is 0 Å². The van der Waals surface area contributed by atoms with E-state index >= 15 is 0 Å². The number of aliphatic imine (C=N–C) groups is 1. The van der Waals surface area contributed by atoms with Crippen molar-refractivity contribution in [1.29, 1.82) is 0 Å². The number of nitrogens with zero attached hydrogens (tertiary/aromatic N) is 4. The summed E-state index contributed by atoms with van der Waals surface area (Å²) in [6, 6.07) is 11.7. The van der Waals surface area contributed by atoms with Crippen molar-refractivity contribution in [3.63, 3.8) is 0 Å². The molecule has 184 valence electrons. The molecule has 0 aliphatic carbocycles. The molecule has 0 aromatic heterocycles. The van der Waals surface area contributed by atoms with Crippen molar-refractivity contribution in [2.75, 3.05) is 53.2 Å². The van der Waals surface area contributed by atoms with Crippen LogP contribution < -0.4 is 19.9 Å². The summed E-state index contributed by atoms with van der Waals surface area (Å²) in [6.07, 6.45) is 0.826. The Hall–Kier alpha value is -3.72. The van der Waals surface area contributed by atoms with Gasteiger partial charge in [-0.1, -0.05) is 12.1 Å². The highest BCUT2D eigenvalue weighted by atomic mass is 16.5. The third-order valence-corrected chi connectivity index (χ3v) is 6.73. The largest absolute Gasteiger partial charge is 0.493 e. The van der Waals surface area contributed by atoms with Crippen LogP contribution in [0.25, 0.3) is 0 Å². The molecule has 35 heavy (non-hydrogen) atoms. The maximum absolute atomic E-state index is 13.8. The van der Waals surface area contributed by atoms with Crippen LogP contribution >= 0.6 is 0 Å². The predicted molar refractivity (Wildman–Crippen MR) is 133 cm³/mol. The zero-order valence-corrected chi connectivity index (χ0v) is 20.4. The molecule has 1 amide bonds. The van der Waals surface area contributed by atoms with Gasteiger partial charge in [0.1, 0.15) is 0 Å². The number of hydrogen-bond acceptors (Lipinski definition) is 8. The molecule has 2 N–H and O–H groups in total. The monoisotopic (exact) mass is 477 g/mol. The Kier molecular flexibility index (Phi) is 6.25. The van der Waals surface area contributed by atoms with Gasteiger partial charge < -0.3 is 24.8 Å². The summed E-state index contributed by atoms with van der Waals surface area (Å²) < 4.78 is 16.5. The van der Waals surface area contributed by atoms with Crippen molar-refractivity contribution in [1.82, 2.24) is 14.7 Å². The highest BCUT2D eigenvalue weighted by Crippen LogP contribution is 2.39. The van der Waals surface area contributed by atoms with Crippen molar-refractivity contribution in [2.24, 2.45) is 4.99 Å². The summed E-state index contributed by atoms with van der Waals surface area (Å²) in [6.45, 7) is 4.12. The van der Waals surface area contributed by atoms with Crippen LogP contribution in [0.3, 0.4) is 0 Å². The molecular formula is C26H31N5O4. The molecule has 0 radical (unpaired) electrons. The Morgan fingerprint density at radius 1 is 0.943 bits per heavy atom. The zero-order chi connectivity index (χ0) is 24.5. The van der Waals surface area contributed by atoms with E-state index in [2.05, 4.69) is 9.80 Å². The normalized spacial score (nSPS) is 17.8. The molecule has 9 heteroatoms. The van der Waals surface area contributed by atoms with E-state index in [-0.39, 0.29) is 5.91 Å². The first-order valence-electron chi connectivity index (χ1n) is 11.7. The van der Waals surface area contributed by atoms with Gasteiger partial charge in [-0.2, -0.15) is 0 Å².